The Bertz CT molecular complexity index is 409. The number of nitro groups is 1. The van der Waals surface area contributed by atoms with E-state index in [4.69, 9.17) is 0 Å². The number of rotatable bonds is 7. The van der Waals surface area contributed by atoms with Gasteiger partial charge in [0.05, 0.1) is 11.0 Å². The Hall–Kier alpha value is -1.66. The van der Waals surface area contributed by atoms with E-state index in [1.807, 2.05) is 6.92 Å². The maximum atomic E-state index is 10.6. The molecule has 3 N–H and O–H groups in total. The molecule has 0 radical (unpaired) electrons. The van der Waals surface area contributed by atoms with Gasteiger partial charge in [-0.3, -0.25) is 10.1 Å². The second-order valence-corrected chi connectivity index (χ2v) is 4.10. The van der Waals surface area contributed by atoms with Crippen molar-refractivity contribution in [2.24, 2.45) is 0 Å². The van der Waals surface area contributed by atoms with Crippen molar-refractivity contribution >= 4 is 5.69 Å². The van der Waals surface area contributed by atoms with E-state index in [1.54, 1.807) is 0 Å². The number of hydrogen-bond donors (Lipinski definition) is 3. The van der Waals surface area contributed by atoms with Crippen LogP contribution in [-0.2, 0) is 6.54 Å². The first kappa shape index (κ1) is 14.4. The highest BCUT2D eigenvalue weighted by atomic mass is 16.6. The Morgan fingerprint density at radius 1 is 1.50 bits per heavy atom. The zero-order chi connectivity index (χ0) is 13.5. The van der Waals surface area contributed by atoms with Crippen LogP contribution in [0.2, 0.25) is 0 Å². The Balaban J connectivity index is 2.51. The average molecular weight is 254 g/mol. The van der Waals surface area contributed by atoms with Crippen LogP contribution in [0.15, 0.2) is 18.2 Å². The van der Waals surface area contributed by atoms with Gasteiger partial charge in [0.2, 0.25) is 0 Å². The summed E-state index contributed by atoms with van der Waals surface area (Å²) in [5.41, 5.74) is 0.438. The Kier molecular flexibility index (Phi) is 5.54. The van der Waals surface area contributed by atoms with E-state index in [0.29, 0.717) is 31.5 Å². The Morgan fingerprint density at radius 2 is 2.22 bits per heavy atom. The number of aromatic hydroxyl groups is 1. The molecule has 0 aliphatic rings. The summed E-state index contributed by atoms with van der Waals surface area (Å²) in [4.78, 5) is 10.1. The monoisotopic (exact) mass is 254 g/mol. The largest absolute Gasteiger partial charge is 0.508 e. The number of phenolic OH excluding ortho intramolecular Hbond substituents is 1. The summed E-state index contributed by atoms with van der Waals surface area (Å²) in [6.07, 6.45) is 0.979. The molecule has 0 heterocycles. The van der Waals surface area contributed by atoms with Crippen LogP contribution in [0.25, 0.3) is 0 Å². The molecule has 0 spiro atoms. The molecular weight excluding hydrogens is 236 g/mol. The van der Waals surface area contributed by atoms with Gasteiger partial charge in [0.1, 0.15) is 5.75 Å². The van der Waals surface area contributed by atoms with Crippen molar-refractivity contribution in [3.63, 3.8) is 0 Å². The lowest BCUT2D eigenvalue weighted by molar-refractivity contribution is -0.384. The van der Waals surface area contributed by atoms with Crippen LogP contribution in [0.1, 0.15) is 25.3 Å². The van der Waals surface area contributed by atoms with Crippen LogP contribution in [0, 0.1) is 10.1 Å². The van der Waals surface area contributed by atoms with Crippen molar-refractivity contribution in [1.29, 1.82) is 0 Å². The van der Waals surface area contributed by atoms with E-state index in [0.717, 1.165) is 0 Å². The molecule has 0 aliphatic heterocycles. The first-order valence-electron chi connectivity index (χ1n) is 5.89. The van der Waals surface area contributed by atoms with Crippen LogP contribution in [0.4, 0.5) is 5.69 Å². The first-order chi connectivity index (χ1) is 8.54. The molecule has 1 unspecified atom stereocenters. The fourth-order valence-corrected chi connectivity index (χ4v) is 1.52. The zero-order valence-electron chi connectivity index (χ0n) is 10.3. The summed E-state index contributed by atoms with van der Waals surface area (Å²) in [7, 11) is 0. The molecule has 0 aromatic heterocycles. The van der Waals surface area contributed by atoms with Crippen LogP contribution < -0.4 is 5.32 Å². The van der Waals surface area contributed by atoms with Crippen LogP contribution >= 0.6 is 0 Å². The van der Waals surface area contributed by atoms with Gasteiger partial charge >= 0.3 is 0 Å². The number of aliphatic hydroxyl groups is 1. The molecular formula is C12H18N2O4. The molecule has 1 rings (SSSR count). The van der Waals surface area contributed by atoms with Crippen LogP contribution in [0.3, 0.4) is 0 Å². The van der Waals surface area contributed by atoms with Gasteiger partial charge in [0.25, 0.3) is 5.69 Å². The smallest absolute Gasteiger partial charge is 0.270 e. The molecule has 0 aliphatic carbocycles. The molecule has 1 atom stereocenters. The van der Waals surface area contributed by atoms with Gasteiger partial charge in [-0.15, -0.1) is 0 Å². The highest BCUT2D eigenvalue weighted by Crippen LogP contribution is 2.22. The summed E-state index contributed by atoms with van der Waals surface area (Å²) in [5.74, 6) is 0.0316. The highest BCUT2D eigenvalue weighted by molar-refractivity contribution is 5.42. The number of nitrogens with zero attached hydrogens (tertiary/aromatic N) is 1. The number of non-ortho nitro benzene ring substituents is 1. The van der Waals surface area contributed by atoms with Gasteiger partial charge in [0, 0.05) is 24.2 Å². The van der Waals surface area contributed by atoms with E-state index < -0.39 is 4.92 Å². The third kappa shape index (κ3) is 4.31. The van der Waals surface area contributed by atoms with Crippen molar-refractivity contribution in [3.05, 3.63) is 33.9 Å². The lowest BCUT2D eigenvalue weighted by atomic mass is 10.1. The van der Waals surface area contributed by atoms with Crippen LogP contribution in [0.5, 0.6) is 5.75 Å². The van der Waals surface area contributed by atoms with Gasteiger partial charge in [-0.05, 0) is 25.5 Å². The van der Waals surface area contributed by atoms with Gasteiger partial charge in [0.15, 0.2) is 0 Å². The average Bonchev–Trinajstić information content (AvgIpc) is 2.35. The molecule has 0 fully saturated rings. The van der Waals surface area contributed by atoms with Gasteiger partial charge in [-0.25, -0.2) is 0 Å². The molecule has 1 aromatic carbocycles. The molecule has 6 heteroatoms. The van der Waals surface area contributed by atoms with Gasteiger partial charge in [-0.1, -0.05) is 6.92 Å². The summed E-state index contributed by atoms with van der Waals surface area (Å²) in [6.45, 7) is 2.83. The molecule has 0 bridgehead atoms. The molecule has 1 aromatic rings. The van der Waals surface area contributed by atoms with E-state index in [-0.39, 0.29) is 17.5 Å². The maximum Gasteiger partial charge on any atom is 0.270 e. The summed E-state index contributed by atoms with van der Waals surface area (Å²) in [6, 6.07) is 3.92. The highest BCUT2D eigenvalue weighted by Gasteiger charge is 2.10. The van der Waals surface area contributed by atoms with Crippen molar-refractivity contribution in [2.75, 3.05) is 6.54 Å². The number of phenols is 1. The Morgan fingerprint density at radius 3 is 2.83 bits per heavy atom. The van der Waals surface area contributed by atoms with Crippen molar-refractivity contribution in [2.45, 2.75) is 32.4 Å². The predicted octanol–water partition coefficient (Wildman–Crippen LogP) is 1.55. The quantitative estimate of drug-likeness (QED) is 0.390. The summed E-state index contributed by atoms with van der Waals surface area (Å²) in [5, 5.41) is 32.5. The predicted molar refractivity (Wildman–Crippen MR) is 67.4 cm³/mol. The lowest BCUT2D eigenvalue weighted by Crippen LogP contribution is -2.19. The SMILES string of the molecule is CCC(O)CCNCc1cc([N+](=O)[O-])ccc1O. The topological polar surface area (TPSA) is 95.6 Å². The minimum atomic E-state index is -0.496. The normalized spacial score (nSPS) is 12.3. The molecule has 100 valence electrons. The fourth-order valence-electron chi connectivity index (χ4n) is 1.52. The summed E-state index contributed by atoms with van der Waals surface area (Å²) < 4.78 is 0. The first-order valence-corrected chi connectivity index (χ1v) is 5.89. The van der Waals surface area contributed by atoms with Gasteiger partial charge < -0.3 is 15.5 Å². The van der Waals surface area contributed by atoms with Crippen molar-refractivity contribution in [3.8, 4) is 5.75 Å². The third-order valence-corrected chi connectivity index (χ3v) is 2.71. The van der Waals surface area contributed by atoms with E-state index in [1.165, 1.54) is 18.2 Å². The van der Waals surface area contributed by atoms with Crippen molar-refractivity contribution < 1.29 is 15.1 Å². The number of aliphatic hydroxyl groups excluding tert-OH is 1. The molecule has 0 amide bonds. The zero-order valence-corrected chi connectivity index (χ0v) is 10.3. The number of nitro benzene ring substituents is 1. The number of benzene rings is 1. The van der Waals surface area contributed by atoms with E-state index in [9.17, 15) is 20.3 Å². The third-order valence-electron chi connectivity index (χ3n) is 2.71. The van der Waals surface area contributed by atoms with Crippen molar-refractivity contribution in [1.82, 2.24) is 5.32 Å². The molecule has 18 heavy (non-hydrogen) atoms. The molecule has 0 saturated heterocycles. The minimum Gasteiger partial charge on any atom is -0.508 e. The summed E-state index contributed by atoms with van der Waals surface area (Å²) >= 11 is 0. The fraction of sp³-hybridized carbons (Fsp3) is 0.500. The second kappa shape index (κ2) is 6.93. The van der Waals surface area contributed by atoms with Gasteiger partial charge in [-0.2, -0.15) is 0 Å². The van der Waals surface area contributed by atoms with E-state index in [2.05, 4.69) is 5.32 Å². The molecule has 6 nitrogen and oxygen atoms in total. The number of hydrogen-bond acceptors (Lipinski definition) is 5. The molecule has 0 saturated carbocycles. The standard InChI is InChI=1S/C12H18N2O4/c1-2-11(15)5-6-13-8-9-7-10(14(17)18)3-4-12(9)16/h3-4,7,11,13,15-16H,2,5-6,8H2,1H3. The second-order valence-electron chi connectivity index (χ2n) is 4.10. The maximum absolute atomic E-state index is 10.6. The lowest BCUT2D eigenvalue weighted by Gasteiger charge is -2.09. The Labute approximate surface area is 105 Å². The number of nitrogens with one attached hydrogen (secondary N) is 1. The minimum absolute atomic E-state index is 0.0316. The van der Waals surface area contributed by atoms with Crippen LogP contribution in [-0.4, -0.2) is 27.8 Å². The van der Waals surface area contributed by atoms with E-state index >= 15 is 0 Å².